The van der Waals surface area contributed by atoms with E-state index in [1.54, 1.807) is 46.8 Å². The van der Waals surface area contributed by atoms with E-state index >= 15 is 0 Å². The van der Waals surface area contributed by atoms with Crippen molar-refractivity contribution in [3.05, 3.63) is 53.7 Å². The number of benzene rings is 1. The minimum absolute atomic E-state index is 0.0913. The summed E-state index contributed by atoms with van der Waals surface area (Å²) in [5.41, 5.74) is -0.760. The highest BCUT2D eigenvalue weighted by molar-refractivity contribution is 6.08. The molecular formula is C24H28F2N4O4. The molecule has 10 heteroatoms. The van der Waals surface area contributed by atoms with E-state index in [9.17, 15) is 23.2 Å². The van der Waals surface area contributed by atoms with Crippen LogP contribution < -0.4 is 15.5 Å². The number of nitrogens with one attached hydrogen (secondary N) is 2. The molecular weight excluding hydrogens is 446 g/mol. The van der Waals surface area contributed by atoms with E-state index in [1.165, 1.54) is 17.2 Å². The Morgan fingerprint density at radius 2 is 1.76 bits per heavy atom. The Hall–Kier alpha value is -3.56. The molecule has 1 aromatic heterocycles. The highest BCUT2D eigenvalue weighted by Gasteiger charge is 2.43. The molecule has 0 saturated carbocycles. The number of fused-ring (bicyclic) bond motifs is 1. The molecule has 182 valence electrons. The van der Waals surface area contributed by atoms with Gasteiger partial charge < -0.3 is 15.4 Å². The van der Waals surface area contributed by atoms with Crippen LogP contribution in [0.25, 0.3) is 0 Å². The number of para-hydroxylation sites is 1. The van der Waals surface area contributed by atoms with Crippen molar-refractivity contribution in [3.63, 3.8) is 0 Å². The van der Waals surface area contributed by atoms with Crippen LogP contribution in [-0.4, -0.2) is 40.6 Å². The van der Waals surface area contributed by atoms with Gasteiger partial charge in [-0.15, -0.1) is 0 Å². The van der Waals surface area contributed by atoms with Crippen LogP contribution in [0.5, 0.6) is 0 Å². The fraction of sp³-hybridized carbons (Fsp3) is 0.417. The lowest BCUT2D eigenvalue weighted by atomic mass is 10.0. The van der Waals surface area contributed by atoms with Gasteiger partial charge in [0.25, 0.3) is 5.91 Å². The Morgan fingerprint density at radius 3 is 2.35 bits per heavy atom. The van der Waals surface area contributed by atoms with Crippen molar-refractivity contribution >= 4 is 29.4 Å². The quantitative estimate of drug-likeness (QED) is 0.687. The summed E-state index contributed by atoms with van der Waals surface area (Å²) in [7, 11) is 0. The topological polar surface area (TPSA) is 101 Å². The van der Waals surface area contributed by atoms with Gasteiger partial charge in [-0.05, 0) is 50.5 Å². The van der Waals surface area contributed by atoms with Crippen LogP contribution in [-0.2, 0) is 20.7 Å². The number of pyridine rings is 1. The largest absolute Gasteiger partial charge is 0.444 e. The Bertz CT molecular complexity index is 1080. The number of hydrogen-bond acceptors (Lipinski definition) is 5. The fourth-order valence-corrected chi connectivity index (χ4v) is 3.64. The van der Waals surface area contributed by atoms with E-state index in [4.69, 9.17) is 4.74 Å². The number of alkyl carbamates (subject to hydrolysis) is 1. The summed E-state index contributed by atoms with van der Waals surface area (Å²) in [5.74, 6) is -3.36. The molecule has 8 nitrogen and oxygen atoms in total. The third-order valence-corrected chi connectivity index (χ3v) is 5.18. The van der Waals surface area contributed by atoms with Crippen molar-refractivity contribution in [1.29, 1.82) is 0 Å². The number of carbonyl (C=O) groups is 3. The molecule has 2 N–H and O–H groups in total. The average molecular weight is 475 g/mol. The van der Waals surface area contributed by atoms with Crippen LogP contribution in [0.15, 0.2) is 36.5 Å². The molecule has 0 saturated heterocycles. The summed E-state index contributed by atoms with van der Waals surface area (Å²) < 4.78 is 33.5. The molecule has 2 atom stereocenters. The zero-order valence-corrected chi connectivity index (χ0v) is 19.7. The minimum Gasteiger partial charge on any atom is -0.444 e. The number of nitrogens with zero attached hydrogens (tertiary/aromatic N) is 2. The predicted molar refractivity (Wildman–Crippen MR) is 122 cm³/mol. The maximum Gasteiger partial charge on any atom is 0.408 e. The van der Waals surface area contributed by atoms with Gasteiger partial charge in [-0.25, -0.2) is 18.6 Å². The Morgan fingerprint density at radius 1 is 1.12 bits per heavy atom. The van der Waals surface area contributed by atoms with Crippen LogP contribution in [0.3, 0.4) is 0 Å². The first-order valence-electron chi connectivity index (χ1n) is 10.9. The lowest BCUT2D eigenvalue weighted by Gasteiger charge is -2.31. The normalized spacial score (nSPS) is 16.1. The van der Waals surface area contributed by atoms with Crippen LogP contribution in [0.2, 0.25) is 0 Å². The van der Waals surface area contributed by atoms with E-state index in [1.807, 2.05) is 0 Å². The van der Waals surface area contributed by atoms with Gasteiger partial charge in [0.15, 0.2) is 0 Å². The van der Waals surface area contributed by atoms with Crippen LogP contribution in [0.4, 0.5) is 25.1 Å². The first kappa shape index (κ1) is 25.1. The van der Waals surface area contributed by atoms with Crippen molar-refractivity contribution < 1.29 is 27.9 Å². The van der Waals surface area contributed by atoms with Gasteiger partial charge in [-0.1, -0.05) is 26.0 Å². The van der Waals surface area contributed by atoms with Gasteiger partial charge in [0.2, 0.25) is 5.91 Å². The summed E-state index contributed by atoms with van der Waals surface area (Å²) in [4.78, 5) is 44.6. The molecule has 3 rings (SSSR count). The molecule has 0 bridgehead atoms. The number of rotatable bonds is 5. The summed E-state index contributed by atoms with van der Waals surface area (Å²) in [5, 5.41) is 4.83. The van der Waals surface area contributed by atoms with Crippen LogP contribution >= 0.6 is 0 Å². The maximum atomic E-state index is 14.1. The number of anilines is 2. The highest BCUT2D eigenvalue weighted by Crippen LogP contribution is 2.32. The molecule has 1 aromatic carbocycles. The molecule has 2 aromatic rings. The highest BCUT2D eigenvalue weighted by atomic mass is 19.1. The molecule has 0 aliphatic carbocycles. The second kappa shape index (κ2) is 9.74. The molecule has 0 unspecified atom stereocenters. The molecule has 0 spiro atoms. The first-order chi connectivity index (χ1) is 15.9. The van der Waals surface area contributed by atoms with Crippen molar-refractivity contribution in [3.8, 4) is 0 Å². The zero-order valence-electron chi connectivity index (χ0n) is 19.7. The molecule has 1 aliphatic rings. The van der Waals surface area contributed by atoms with Gasteiger partial charge >= 0.3 is 6.09 Å². The van der Waals surface area contributed by atoms with E-state index in [0.717, 1.165) is 12.1 Å². The average Bonchev–Trinajstić information content (AvgIpc) is 3.12. The van der Waals surface area contributed by atoms with E-state index in [2.05, 4.69) is 15.6 Å². The van der Waals surface area contributed by atoms with E-state index < -0.39 is 52.9 Å². The summed E-state index contributed by atoms with van der Waals surface area (Å²) in [6.45, 7) is 8.56. The summed E-state index contributed by atoms with van der Waals surface area (Å²) in [6, 6.07) is 4.43. The monoisotopic (exact) mass is 474 g/mol. The minimum atomic E-state index is -1.13. The second-order valence-electron chi connectivity index (χ2n) is 9.37. The lowest BCUT2D eigenvalue weighted by Crippen LogP contribution is -2.56. The van der Waals surface area contributed by atoms with Gasteiger partial charge in [0.1, 0.15) is 40.8 Å². The van der Waals surface area contributed by atoms with Gasteiger partial charge in [-0.3, -0.25) is 14.5 Å². The van der Waals surface area contributed by atoms with Crippen molar-refractivity contribution in [2.75, 3.05) is 10.2 Å². The lowest BCUT2D eigenvalue weighted by molar-refractivity contribution is -0.125. The molecule has 0 radical (unpaired) electrons. The molecule has 0 fully saturated rings. The fourth-order valence-electron chi connectivity index (χ4n) is 3.64. The number of amides is 3. The first-order valence-corrected chi connectivity index (χ1v) is 10.9. The molecule has 3 amide bonds. The maximum absolute atomic E-state index is 14.1. The van der Waals surface area contributed by atoms with Crippen molar-refractivity contribution in [2.24, 2.45) is 5.92 Å². The second-order valence-corrected chi connectivity index (χ2v) is 9.37. The van der Waals surface area contributed by atoms with Crippen molar-refractivity contribution in [2.45, 2.75) is 58.7 Å². The number of carbonyl (C=O) groups excluding carboxylic acids is 3. The number of halogens is 2. The SMILES string of the molecule is CC(C)[C@H](NC(=O)OC(C)(C)C)C(=O)N1c2ncccc2C[C@H]1C(=O)Nc1c(F)cccc1F. The standard InChI is InChI=1S/C24H28F2N4O4/c1-13(2)18(29-23(33)34-24(3,4)5)22(32)30-17(12-14-8-7-11-27-20(14)30)21(31)28-19-15(25)9-6-10-16(19)26/h6-11,13,17-18H,12H2,1-5H3,(H,28,31)(H,29,33)/t17-,18-/m0/s1. The number of hydrogen-bond donors (Lipinski definition) is 2. The Kier molecular flexibility index (Phi) is 7.18. The van der Waals surface area contributed by atoms with Gasteiger partial charge in [-0.2, -0.15) is 0 Å². The third kappa shape index (κ3) is 5.49. The number of ether oxygens (including phenoxy) is 1. The van der Waals surface area contributed by atoms with Gasteiger partial charge in [0, 0.05) is 12.6 Å². The van der Waals surface area contributed by atoms with Crippen LogP contribution in [0.1, 0.15) is 40.2 Å². The predicted octanol–water partition coefficient (Wildman–Crippen LogP) is 3.81. The van der Waals surface area contributed by atoms with E-state index in [-0.39, 0.29) is 18.2 Å². The van der Waals surface area contributed by atoms with Crippen molar-refractivity contribution in [1.82, 2.24) is 10.3 Å². The Balaban J connectivity index is 1.92. The molecule has 2 heterocycles. The Labute approximate surface area is 196 Å². The van der Waals surface area contributed by atoms with Gasteiger partial charge in [0.05, 0.1) is 0 Å². The molecule has 34 heavy (non-hydrogen) atoms. The third-order valence-electron chi connectivity index (χ3n) is 5.18. The van der Waals surface area contributed by atoms with Crippen LogP contribution in [0, 0.1) is 17.6 Å². The zero-order chi connectivity index (χ0) is 25.2. The number of aromatic nitrogens is 1. The summed E-state index contributed by atoms with van der Waals surface area (Å²) in [6.07, 6.45) is 0.782. The smallest absolute Gasteiger partial charge is 0.408 e. The van der Waals surface area contributed by atoms with E-state index in [0.29, 0.717) is 5.56 Å². The summed E-state index contributed by atoms with van der Waals surface area (Å²) >= 11 is 0. The molecule has 1 aliphatic heterocycles.